The SMILES string of the molecule is O=C(O)C1CCC(N2C(=O)CNC2=O)C1. The fraction of sp³-hybridized carbons (Fsp3) is 0.667. The Bertz CT molecular complexity index is 312. The summed E-state index contributed by atoms with van der Waals surface area (Å²) in [5, 5.41) is 11.2. The second kappa shape index (κ2) is 3.52. The van der Waals surface area contributed by atoms with Crippen LogP contribution in [0, 0.1) is 5.92 Å². The lowest BCUT2D eigenvalue weighted by Gasteiger charge is -2.20. The van der Waals surface area contributed by atoms with E-state index in [0.29, 0.717) is 19.3 Å². The highest BCUT2D eigenvalue weighted by Gasteiger charge is 2.40. The summed E-state index contributed by atoms with van der Waals surface area (Å²) in [5.74, 6) is -1.52. The first-order chi connectivity index (χ1) is 7.09. The fourth-order valence-corrected chi connectivity index (χ4v) is 2.22. The quantitative estimate of drug-likeness (QED) is 0.620. The molecule has 82 valence electrons. The second-order valence-electron chi connectivity index (χ2n) is 3.92. The summed E-state index contributed by atoms with van der Waals surface area (Å²) >= 11 is 0. The third-order valence-electron chi connectivity index (χ3n) is 3.00. The maximum absolute atomic E-state index is 11.3. The first-order valence-electron chi connectivity index (χ1n) is 4.92. The van der Waals surface area contributed by atoms with E-state index in [0.717, 1.165) is 0 Å². The summed E-state index contributed by atoms with van der Waals surface area (Å²) in [7, 11) is 0. The smallest absolute Gasteiger partial charge is 0.324 e. The van der Waals surface area contributed by atoms with E-state index in [9.17, 15) is 14.4 Å². The first kappa shape index (κ1) is 9.95. The van der Waals surface area contributed by atoms with Crippen LogP contribution in [0.4, 0.5) is 4.79 Å². The van der Waals surface area contributed by atoms with Crippen molar-refractivity contribution in [1.29, 1.82) is 0 Å². The molecule has 2 fully saturated rings. The minimum atomic E-state index is -0.843. The van der Waals surface area contributed by atoms with Gasteiger partial charge in [0.05, 0.1) is 12.5 Å². The largest absolute Gasteiger partial charge is 0.481 e. The van der Waals surface area contributed by atoms with Crippen molar-refractivity contribution >= 4 is 17.9 Å². The fourth-order valence-electron chi connectivity index (χ4n) is 2.22. The van der Waals surface area contributed by atoms with Crippen LogP contribution in [0.25, 0.3) is 0 Å². The van der Waals surface area contributed by atoms with Crippen LogP contribution in [0.5, 0.6) is 0 Å². The summed E-state index contributed by atoms with van der Waals surface area (Å²) in [6, 6.07) is -0.628. The molecule has 1 aliphatic carbocycles. The molecule has 2 atom stereocenters. The maximum Gasteiger partial charge on any atom is 0.324 e. The van der Waals surface area contributed by atoms with Gasteiger partial charge in [0.25, 0.3) is 0 Å². The van der Waals surface area contributed by atoms with Crippen LogP contribution in [0.1, 0.15) is 19.3 Å². The van der Waals surface area contributed by atoms with Crippen molar-refractivity contribution in [3.8, 4) is 0 Å². The number of urea groups is 1. The number of nitrogens with zero attached hydrogens (tertiary/aromatic N) is 1. The Morgan fingerprint density at radius 3 is 2.60 bits per heavy atom. The van der Waals surface area contributed by atoms with Gasteiger partial charge < -0.3 is 10.4 Å². The van der Waals surface area contributed by atoms with Crippen LogP contribution >= 0.6 is 0 Å². The summed E-state index contributed by atoms with van der Waals surface area (Å²) in [4.78, 5) is 34.5. The molecule has 1 aliphatic heterocycles. The van der Waals surface area contributed by atoms with E-state index in [2.05, 4.69) is 5.32 Å². The number of hydrogen-bond acceptors (Lipinski definition) is 3. The highest BCUT2D eigenvalue weighted by Crippen LogP contribution is 2.30. The van der Waals surface area contributed by atoms with E-state index in [4.69, 9.17) is 5.11 Å². The number of aliphatic carboxylic acids is 1. The minimum Gasteiger partial charge on any atom is -0.481 e. The molecule has 3 amide bonds. The lowest BCUT2D eigenvalue weighted by Crippen LogP contribution is -2.39. The van der Waals surface area contributed by atoms with Crippen LogP contribution in [0.3, 0.4) is 0 Å². The van der Waals surface area contributed by atoms with Crippen LogP contribution in [0.15, 0.2) is 0 Å². The monoisotopic (exact) mass is 212 g/mol. The molecule has 0 bridgehead atoms. The van der Waals surface area contributed by atoms with Gasteiger partial charge >= 0.3 is 12.0 Å². The van der Waals surface area contributed by atoms with Crippen molar-refractivity contribution in [2.24, 2.45) is 5.92 Å². The van der Waals surface area contributed by atoms with Gasteiger partial charge in [0.2, 0.25) is 5.91 Å². The molecule has 1 saturated carbocycles. The third kappa shape index (κ3) is 1.67. The number of carbonyl (C=O) groups excluding carboxylic acids is 2. The molecular formula is C9H12N2O4. The Balaban J connectivity index is 2.04. The van der Waals surface area contributed by atoms with Crippen molar-refractivity contribution < 1.29 is 19.5 Å². The number of rotatable bonds is 2. The Morgan fingerprint density at radius 2 is 2.13 bits per heavy atom. The van der Waals surface area contributed by atoms with Crippen molar-refractivity contribution in [3.63, 3.8) is 0 Å². The van der Waals surface area contributed by atoms with Crippen molar-refractivity contribution in [3.05, 3.63) is 0 Å². The number of imide groups is 1. The number of amides is 3. The number of carboxylic acid groups (broad SMARTS) is 1. The molecule has 2 aliphatic rings. The summed E-state index contributed by atoms with van der Waals surface area (Å²) in [6.07, 6.45) is 1.52. The predicted molar refractivity (Wildman–Crippen MR) is 49.0 cm³/mol. The van der Waals surface area contributed by atoms with Gasteiger partial charge in [-0.05, 0) is 19.3 Å². The van der Waals surface area contributed by atoms with Gasteiger partial charge in [-0.25, -0.2) is 4.79 Å². The number of carbonyl (C=O) groups is 3. The molecule has 0 aromatic heterocycles. The van der Waals surface area contributed by atoms with E-state index >= 15 is 0 Å². The average molecular weight is 212 g/mol. The van der Waals surface area contributed by atoms with E-state index in [1.54, 1.807) is 0 Å². The molecule has 0 radical (unpaired) electrons. The number of nitrogens with one attached hydrogen (secondary N) is 1. The number of carboxylic acids is 1. The first-order valence-corrected chi connectivity index (χ1v) is 4.92. The Kier molecular flexibility index (Phi) is 2.34. The third-order valence-corrected chi connectivity index (χ3v) is 3.00. The van der Waals surface area contributed by atoms with E-state index < -0.39 is 17.9 Å². The number of hydrogen-bond donors (Lipinski definition) is 2. The Labute approximate surface area is 86.2 Å². The molecule has 0 aromatic carbocycles. The van der Waals surface area contributed by atoms with E-state index in [-0.39, 0.29) is 18.5 Å². The van der Waals surface area contributed by atoms with Gasteiger partial charge in [-0.2, -0.15) is 0 Å². The molecule has 2 N–H and O–H groups in total. The molecule has 0 spiro atoms. The zero-order valence-electron chi connectivity index (χ0n) is 8.10. The van der Waals surface area contributed by atoms with Gasteiger partial charge in [-0.15, -0.1) is 0 Å². The summed E-state index contributed by atoms with van der Waals surface area (Å²) in [6.45, 7) is 0.0348. The minimum absolute atomic E-state index is 0.0348. The van der Waals surface area contributed by atoms with Crippen molar-refractivity contribution in [2.45, 2.75) is 25.3 Å². The van der Waals surface area contributed by atoms with Crippen molar-refractivity contribution in [1.82, 2.24) is 10.2 Å². The van der Waals surface area contributed by atoms with Gasteiger partial charge in [-0.3, -0.25) is 14.5 Å². The van der Waals surface area contributed by atoms with Crippen LogP contribution in [0.2, 0.25) is 0 Å². The molecule has 1 saturated heterocycles. The molecule has 2 rings (SSSR count). The molecular weight excluding hydrogens is 200 g/mol. The molecule has 15 heavy (non-hydrogen) atoms. The zero-order chi connectivity index (χ0) is 11.0. The maximum atomic E-state index is 11.3. The van der Waals surface area contributed by atoms with Crippen molar-refractivity contribution in [2.75, 3.05) is 6.54 Å². The highest BCUT2D eigenvalue weighted by molar-refractivity contribution is 6.02. The van der Waals surface area contributed by atoms with Crippen LogP contribution < -0.4 is 5.32 Å². The highest BCUT2D eigenvalue weighted by atomic mass is 16.4. The van der Waals surface area contributed by atoms with Gasteiger partial charge in [0, 0.05) is 6.04 Å². The molecule has 0 aromatic rings. The molecule has 6 heteroatoms. The van der Waals surface area contributed by atoms with E-state index in [1.807, 2.05) is 0 Å². The van der Waals surface area contributed by atoms with Crippen LogP contribution in [-0.4, -0.2) is 40.5 Å². The average Bonchev–Trinajstić information content (AvgIpc) is 2.73. The molecule has 6 nitrogen and oxygen atoms in total. The topological polar surface area (TPSA) is 86.7 Å². The summed E-state index contributed by atoms with van der Waals surface area (Å²) < 4.78 is 0. The predicted octanol–water partition coefficient (Wildman–Crippen LogP) is -0.209. The normalized spacial score (nSPS) is 30.8. The standard InChI is InChI=1S/C9H12N2O4/c12-7-4-10-9(15)11(7)6-2-1-5(3-6)8(13)14/h5-6H,1-4H2,(H,10,15)(H,13,14). The zero-order valence-corrected chi connectivity index (χ0v) is 8.10. The second-order valence-corrected chi connectivity index (χ2v) is 3.92. The van der Waals surface area contributed by atoms with Gasteiger partial charge in [0.1, 0.15) is 0 Å². The lowest BCUT2D eigenvalue weighted by molar-refractivity contribution is -0.141. The van der Waals surface area contributed by atoms with E-state index in [1.165, 1.54) is 4.90 Å². The summed E-state index contributed by atoms with van der Waals surface area (Å²) in [5.41, 5.74) is 0. The van der Waals surface area contributed by atoms with Crippen LogP contribution in [-0.2, 0) is 9.59 Å². The molecule has 1 heterocycles. The van der Waals surface area contributed by atoms with Gasteiger partial charge in [-0.1, -0.05) is 0 Å². The lowest BCUT2D eigenvalue weighted by atomic mass is 10.1. The Morgan fingerprint density at radius 1 is 1.40 bits per heavy atom. The molecule has 2 unspecified atom stereocenters. The Hall–Kier alpha value is -1.59. The van der Waals surface area contributed by atoms with Gasteiger partial charge in [0.15, 0.2) is 0 Å².